The molecule has 2 N–H and O–H groups in total. The van der Waals surface area contributed by atoms with Crippen LogP contribution in [0, 0.1) is 0 Å². The van der Waals surface area contributed by atoms with E-state index < -0.39 is 0 Å². The van der Waals surface area contributed by atoms with Crippen molar-refractivity contribution in [3.05, 3.63) is 46.7 Å². The van der Waals surface area contributed by atoms with Gasteiger partial charge in [-0.1, -0.05) is 12.2 Å². The average Bonchev–Trinajstić information content (AvgIpc) is 2.69. The highest BCUT2D eigenvalue weighted by atomic mass is 79.9. The summed E-state index contributed by atoms with van der Waals surface area (Å²) in [5.74, 6) is 0. The lowest BCUT2D eigenvalue weighted by Crippen LogP contribution is -2.10. The standard InChI is InChI=1S/C10H8BrN3S/c11-9-6-7(14-5-1-4-13-14)2-3-8(9)10(12)15/h1-6H,(H2,12,15). The van der Waals surface area contributed by atoms with Crippen molar-refractivity contribution in [1.29, 1.82) is 0 Å². The Labute approximate surface area is 101 Å². The highest BCUT2D eigenvalue weighted by Gasteiger charge is 2.04. The Hall–Kier alpha value is -1.20. The molecule has 0 unspecified atom stereocenters. The molecule has 0 amide bonds. The van der Waals surface area contributed by atoms with Gasteiger partial charge in [0.25, 0.3) is 0 Å². The quantitative estimate of drug-likeness (QED) is 0.859. The lowest BCUT2D eigenvalue weighted by molar-refractivity contribution is 0.879. The summed E-state index contributed by atoms with van der Waals surface area (Å²) in [7, 11) is 0. The van der Waals surface area contributed by atoms with Crippen LogP contribution in [0.1, 0.15) is 5.56 Å². The molecule has 0 bridgehead atoms. The predicted molar refractivity (Wildman–Crippen MR) is 67.2 cm³/mol. The summed E-state index contributed by atoms with van der Waals surface area (Å²) in [5.41, 5.74) is 7.36. The second-order valence-corrected chi connectivity index (χ2v) is 4.27. The minimum atomic E-state index is 0.383. The Bertz CT molecular complexity index is 493. The van der Waals surface area contributed by atoms with E-state index in [-0.39, 0.29) is 0 Å². The van der Waals surface area contributed by atoms with Crippen LogP contribution in [-0.2, 0) is 0 Å². The van der Waals surface area contributed by atoms with Crippen molar-refractivity contribution < 1.29 is 0 Å². The van der Waals surface area contributed by atoms with Gasteiger partial charge < -0.3 is 5.73 Å². The number of hydrogen-bond donors (Lipinski definition) is 1. The highest BCUT2D eigenvalue weighted by Crippen LogP contribution is 2.20. The van der Waals surface area contributed by atoms with Crippen LogP contribution in [0.5, 0.6) is 0 Å². The Morgan fingerprint density at radius 1 is 1.47 bits per heavy atom. The van der Waals surface area contributed by atoms with Crippen LogP contribution in [0.2, 0.25) is 0 Å². The van der Waals surface area contributed by atoms with E-state index in [9.17, 15) is 0 Å². The summed E-state index contributed by atoms with van der Waals surface area (Å²) < 4.78 is 2.65. The molecule has 1 aromatic carbocycles. The van der Waals surface area contributed by atoms with Gasteiger partial charge in [0.1, 0.15) is 4.99 Å². The molecule has 0 saturated heterocycles. The molecule has 0 atom stereocenters. The van der Waals surface area contributed by atoms with Gasteiger partial charge in [0.15, 0.2) is 0 Å². The Balaban J connectivity index is 2.47. The second-order valence-electron chi connectivity index (χ2n) is 2.98. The normalized spacial score (nSPS) is 10.2. The number of hydrogen-bond acceptors (Lipinski definition) is 2. The molecule has 1 aromatic heterocycles. The van der Waals surface area contributed by atoms with E-state index in [2.05, 4.69) is 21.0 Å². The number of aromatic nitrogens is 2. The fourth-order valence-corrected chi connectivity index (χ4v) is 2.16. The maximum atomic E-state index is 5.56. The van der Waals surface area contributed by atoms with Crippen LogP contribution in [0.3, 0.4) is 0 Å². The van der Waals surface area contributed by atoms with Gasteiger partial charge in [0, 0.05) is 22.4 Å². The maximum absolute atomic E-state index is 5.56. The third-order valence-corrected chi connectivity index (χ3v) is 2.86. The third-order valence-electron chi connectivity index (χ3n) is 1.99. The lowest BCUT2D eigenvalue weighted by Gasteiger charge is -2.05. The first-order chi connectivity index (χ1) is 7.18. The Morgan fingerprint density at radius 3 is 2.80 bits per heavy atom. The first kappa shape index (κ1) is 10.3. The van der Waals surface area contributed by atoms with Crippen LogP contribution in [-0.4, -0.2) is 14.8 Å². The van der Waals surface area contributed by atoms with Crippen molar-refractivity contribution in [3.63, 3.8) is 0 Å². The molecule has 5 heteroatoms. The number of benzene rings is 1. The zero-order valence-corrected chi connectivity index (χ0v) is 10.1. The minimum absolute atomic E-state index is 0.383. The van der Waals surface area contributed by atoms with Gasteiger partial charge >= 0.3 is 0 Å². The summed E-state index contributed by atoms with van der Waals surface area (Å²) in [6.07, 6.45) is 3.61. The zero-order valence-electron chi connectivity index (χ0n) is 7.72. The number of thiocarbonyl (C=S) groups is 1. The number of halogens is 1. The van der Waals surface area contributed by atoms with E-state index in [4.69, 9.17) is 18.0 Å². The van der Waals surface area contributed by atoms with Crippen LogP contribution in [0.25, 0.3) is 5.69 Å². The van der Waals surface area contributed by atoms with Gasteiger partial charge in [-0.05, 0) is 40.2 Å². The molecule has 0 aliphatic heterocycles. The fourth-order valence-electron chi connectivity index (χ4n) is 1.27. The van der Waals surface area contributed by atoms with Crippen LogP contribution in [0.15, 0.2) is 41.1 Å². The van der Waals surface area contributed by atoms with Crippen LogP contribution in [0.4, 0.5) is 0 Å². The van der Waals surface area contributed by atoms with Gasteiger partial charge in [0.05, 0.1) is 5.69 Å². The molecule has 0 saturated carbocycles. The molecule has 2 aromatic rings. The van der Waals surface area contributed by atoms with E-state index in [0.29, 0.717) is 4.99 Å². The van der Waals surface area contributed by atoms with Crippen molar-refractivity contribution in [1.82, 2.24) is 9.78 Å². The van der Waals surface area contributed by atoms with Gasteiger partial charge in [-0.3, -0.25) is 0 Å². The van der Waals surface area contributed by atoms with E-state index >= 15 is 0 Å². The highest BCUT2D eigenvalue weighted by molar-refractivity contribution is 9.10. The number of nitrogens with zero attached hydrogens (tertiary/aromatic N) is 2. The first-order valence-electron chi connectivity index (χ1n) is 4.28. The Morgan fingerprint density at radius 2 is 2.27 bits per heavy atom. The summed E-state index contributed by atoms with van der Waals surface area (Å²) in [6, 6.07) is 7.60. The molecule has 1 heterocycles. The fraction of sp³-hybridized carbons (Fsp3) is 0. The van der Waals surface area contributed by atoms with E-state index in [1.54, 1.807) is 10.9 Å². The van der Waals surface area contributed by atoms with Crippen molar-refractivity contribution in [3.8, 4) is 5.69 Å². The monoisotopic (exact) mass is 281 g/mol. The first-order valence-corrected chi connectivity index (χ1v) is 5.48. The third kappa shape index (κ3) is 2.08. The average molecular weight is 282 g/mol. The summed E-state index contributed by atoms with van der Waals surface area (Å²) in [6.45, 7) is 0. The summed E-state index contributed by atoms with van der Waals surface area (Å²) >= 11 is 8.34. The molecule has 0 aliphatic rings. The van der Waals surface area contributed by atoms with Gasteiger partial charge in [0.2, 0.25) is 0 Å². The molecule has 76 valence electrons. The minimum Gasteiger partial charge on any atom is -0.389 e. The van der Waals surface area contributed by atoms with Crippen molar-refractivity contribution >= 4 is 33.1 Å². The van der Waals surface area contributed by atoms with Gasteiger partial charge in [-0.2, -0.15) is 5.10 Å². The van der Waals surface area contributed by atoms with Gasteiger partial charge in [-0.25, -0.2) is 4.68 Å². The molecule has 15 heavy (non-hydrogen) atoms. The van der Waals surface area contributed by atoms with Gasteiger partial charge in [-0.15, -0.1) is 0 Å². The molecule has 0 spiro atoms. The summed E-state index contributed by atoms with van der Waals surface area (Å²) in [5, 5.41) is 4.13. The van der Waals surface area contributed by atoms with Crippen LogP contribution >= 0.6 is 28.1 Å². The molecular weight excluding hydrogens is 274 g/mol. The molecular formula is C10H8BrN3S. The molecule has 3 nitrogen and oxygen atoms in total. The molecule has 0 radical (unpaired) electrons. The van der Waals surface area contributed by atoms with Crippen molar-refractivity contribution in [2.75, 3.05) is 0 Å². The van der Waals surface area contributed by atoms with Crippen LogP contribution < -0.4 is 5.73 Å². The molecule has 0 aliphatic carbocycles. The predicted octanol–water partition coefficient (Wildman–Crippen LogP) is 2.27. The lowest BCUT2D eigenvalue weighted by atomic mass is 10.2. The van der Waals surface area contributed by atoms with E-state index in [0.717, 1.165) is 15.7 Å². The number of rotatable bonds is 2. The SMILES string of the molecule is NC(=S)c1ccc(-n2cccn2)cc1Br. The summed E-state index contributed by atoms with van der Waals surface area (Å²) in [4.78, 5) is 0.383. The van der Waals surface area contributed by atoms with Crippen molar-refractivity contribution in [2.45, 2.75) is 0 Å². The molecule has 2 rings (SSSR count). The largest absolute Gasteiger partial charge is 0.389 e. The molecule has 0 fully saturated rings. The second kappa shape index (κ2) is 4.12. The van der Waals surface area contributed by atoms with Crippen molar-refractivity contribution in [2.24, 2.45) is 5.73 Å². The number of nitrogens with two attached hydrogens (primary N) is 1. The zero-order chi connectivity index (χ0) is 10.8. The van der Waals surface area contributed by atoms with E-state index in [1.165, 1.54) is 0 Å². The maximum Gasteiger partial charge on any atom is 0.105 e. The Kier molecular flexibility index (Phi) is 2.83. The smallest absolute Gasteiger partial charge is 0.105 e. The van der Waals surface area contributed by atoms with E-state index in [1.807, 2.05) is 30.5 Å². The topological polar surface area (TPSA) is 43.8 Å².